The normalized spacial score (nSPS) is 20.0. The number of benzene rings is 1. The Morgan fingerprint density at radius 2 is 1.86 bits per heavy atom. The summed E-state index contributed by atoms with van der Waals surface area (Å²) in [5.74, 6) is 2.24. The van der Waals surface area contributed by atoms with E-state index in [2.05, 4.69) is 14.1 Å². The van der Waals surface area contributed by atoms with E-state index in [9.17, 15) is 9.18 Å². The molecule has 3 heterocycles. The van der Waals surface area contributed by atoms with Crippen molar-refractivity contribution in [2.45, 2.75) is 27.2 Å². The molecule has 1 aromatic carbocycles. The highest BCUT2D eigenvalue weighted by Crippen LogP contribution is 2.46. The third-order valence-electron chi connectivity index (χ3n) is 5.57. The minimum atomic E-state index is -0.286. The van der Waals surface area contributed by atoms with Crippen LogP contribution >= 0.6 is 9.24 Å². The fourth-order valence-electron chi connectivity index (χ4n) is 4.01. The van der Waals surface area contributed by atoms with Gasteiger partial charge in [0.1, 0.15) is 11.6 Å². The van der Waals surface area contributed by atoms with Crippen molar-refractivity contribution in [3.05, 3.63) is 58.1 Å². The molecule has 0 bridgehead atoms. The number of piperidine rings is 1. The van der Waals surface area contributed by atoms with E-state index in [4.69, 9.17) is 4.98 Å². The second-order valence-electron chi connectivity index (χ2n) is 7.42. The van der Waals surface area contributed by atoms with Gasteiger partial charge in [-0.3, -0.25) is 4.79 Å². The van der Waals surface area contributed by atoms with Crippen LogP contribution in [0.15, 0.2) is 41.3 Å². The summed E-state index contributed by atoms with van der Waals surface area (Å²) in [7, 11) is 2.57. The van der Waals surface area contributed by atoms with Gasteiger partial charge in [0.2, 0.25) is 0 Å². The molecule has 3 aromatic rings. The van der Waals surface area contributed by atoms with Crippen molar-refractivity contribution in [1.29, 1.82) is 0 Å². The predicted molar refractivity (Wildman–Crippen MR) is 117 cm³/mol. The molecule has 1 aliphatic heterocycles. The lowest BCUT2D eigenvalue weighted by atomic mass is 10.2. The number of rotatable bonds is 2. The largest absolute Gasteiger partial charge is 0.356 e. The van der Waals surface area contributed by atoms with E-state index >= 15 is 0 Å². The Morgan fingerprint density at radius 3 is 2.54 bits per heavy atom. The topological polar surface area (TPSA) is 38.1 Å². The minimum absolute atomic E-state index is 0.00742. The molecule has 146 valence electrons. The van der Waals surface area contributed by atoms with Crippen LogP contribution in [-0.4, -0.2) is 22.6 Å². The van der Waals surface area contributed by atoms with Crippen LogP contribution in [0.25, 0.3) is 16.7 Å². The third kappa shape index (κ3) is 3.22. The first-order valence-electron chi connectivity index (χ1n) is 9.84. The van der Waals surface area contributed by atoms with E-state index in [1.807, 2.05) is 30.5 Å². The summed E-state index contributed by atoms with van der Waals surface area (Å²) in [5, 5.41) is 1.32. The molecule has 2 aromatic heterocycles. The van der Waals surface area contributed by atoms with Gasteiger partial charge in [-0.25, -0.2) is 9.37 Å². The van der Waals surface area contributed by atoms with Crippen LogP contribution in [0.2, 0.25) is 0 Å². The molecule has 0 N–H and O–H groups in total. The summed E-state index contributed by atoms with van der Waals surface area (Å²) in [4.78, 5) is 19.8. The van der Waals surface area contributed by atoms with Crippen LogP contribution in [0.1, 0.15) is 25.8 Å². The average Bonchev–Trinajstić information content (AvgIpc) is 3.31. The fourth-order valence-corrected chi connectivity index (χ4v) is 4.41. The fraction of sp³-hybridized carbons (Fsp3) is 0.364. The maximum Gasteiger partial charge on any atom is 0.193 e. The number of halogens is 1. The number of aryl methyl sites for hydroxylation is 1. The maximum absolute atomic E-state index is 13.5. The monoisotopic (exact) mass is 397 g/mol. The quantitative estimate of drug-likeness (QED) is 0.617. The van der Waals surface area contributed by atoms with Gasteiger partial charge in [-0.2, -0.15) is 0 Å². The highest BCUT2D eigenvalue weighted by Gasteiger charge is 2.45. The lowest BCUT2D eigenvalue weighted by Crippen LogP contribution is -2.24. The third-order valence-corrected chi connectivity index (χ3v) is 6.03. The average molecular weight is 397 g/mol. The Hall–Kier alpha value is -2.26. The van der Waals surface area contributed by atoms with E-state index in [1.165, 1.54) is 18.6 Å². The van der Waals surface area contributed by atoms with Gasteiger partial charge < -0.3 is 9.47 Å². The second kappa shape index (κ2) is 7.29. The Kier molecular flexibility index (Phi) is 4.96. The van der Waals surface area contributed by atoms with Crippen LogP contribution in [-0.2, 0) is 0 Å². The van der Waals surface area contributed by atoms with Crippen molar-refractivity contribution >= 4 is 31.4 Å². The molecule has 3 atom stereocenters. The number of hydrogen-bond acceptors (Lipinski definition) is 3. The van der Waals surface area contributed by atoms with Crippen molar-refractivity contribution in [1.82, 2.24) is 9.55 Å². The van der Waals surface area contributed by atoms with Crippen molar-refractivity contribution in [2.24, 2.45) is 11.8 Å². The summed E-state index contributed by atoms with van der Waals surface area (Å²) in [6.07, 6.45) is 3.13. The predicted octanol–water partition coefficient (Wildman–Crippen LogP) is 3.82. The van der Waals surface area contributed by atoms with E-state index in [1.54, 1.807) is 19.2 Å². The number of hydrogen-bond donors (Lipinski definition) is 0. The van der Waals surface area contributed by atoms with Gasteiger partial charge in [-0.1, -0.05) is 13.8 Å². The van der Waals surface area contributed by atoms with E-state index in [0.29, 0.717) is 16.6 Å². The molecule has 0 spiro atoms. The first-order chi connectivity index (χ1) is 13.5. The number of fused-ring (bicyclic) bond motifs is 2. The summed E-state index contributed by atoms with van der Waals surface area (Å²) >= 11 is 0. The molecule has 1 saturated heterocycles. The van der Waals surface area contributed by atoms with Gasteiger partial charge >= 0.3 is 0 Å². The van der Waals surface area contributed by atoms with Crippen LogP contribution in [0.4, 0.5) is 10.2 Å². The van der Waals surface area contributed by atoms with E-state index in [-0.39, 0.29) is 11.2 Å². The lowest BCUT2D eigenvalue weighted by Gasteiger charge is -2.21. The maximum atomic E-state index is 13.5. The van der Waals surface area contributed by atoms with Gasteiger partial charge in [-0.05, 0) is 60.8 Å². The molecule has 4 nitrogen and oxygen atoms in total. The van der Waals surface area contributed by atoms with Crippen LogP contribution in [0.3, 0.4) is 0 Å². The van der Waals surface area contributed by atoms with Gasteiger partial charge in [0.05, 0.1) is 11.1 Å². The number of aromatic nitrogens is 2. The molecule has 2 aliphatic rings. The second-order valence-corrected chi connectivity index (χ2v) is 8.04. The first kappa shape index (κ1) is 19.1. The molecule has 2 fully saturated rings. The summed E-state index contributed by atoms with van der Waals surface area (Å²) in [6, 6.07) is 8.45. The summed E-state index contributed by atoms with van der Waals surface area (Å²) < 4.78 is 15.4. The van der Waals surface area contributed by atoms with Gasteiger partial charge in [0, 0.05) is 24.8 Å². The molecular formula is C22H25FN3OP. The van der Waals surface area contributed by atoms with Gasteiger partial charge in [0.25, 0.3) is 0 Å². The molecule has 1 aliphatic carbocycles. The zero-order chi connectivity index (χ0) is 20.0. The standard InChI is InChI=1S/C20H19FN3OP.C2H6/c1-11-8-24(16-4-2-14(21)7-17(16)26)20-15(19(11)25)3-5-18(22-20)23-9-12-6-13(12)10-23;1-2/h2-5,7-8,12-13H,6,9-10,26H2,1H3;1-2H3. The number of pyridine rings is 2. The van der Waals surface area contributed by atoms with Crippen LogP contribution in [0.5, 0.6) is 0 Å². The van der Waals surface area contributed by atoms with Crippen molar-refractivity contribution in [2.75, 3.05) is 18.0 Å². The van der Waals surface area contributed by atoms with Crippen molar-refractivity contribution < 1.29 is 4.39 Å². The Morgan fingerprint density at radius 1 is 1.14 bits per heavy atom. The highest BCUT2D eigenvalue weighted by molar-refractivity contribution is 7.27. The minimum Gasteiger partial charge on any atom is -0.356 e. The van der Waals surface area contributed by atoms with Crippen LogP contribution < -0.4 is 15.6 Å². The van der Waals surface area contributed by atoms with Crippen molar-refractivity contribution in [3.8, 4) is 5.69 Å². The summed E-state index contributed by atoms with van der Waals surface area (Å²) in [6.45, 7) is 7.89. The SMILES string of the molecule is CC.Cc1cn(-c2ccc(F)cc2P)c2nc(N3CC4CC4C3)ccc2c1=O. The van der Waals surface area contributed by atoms with E-state index in [0.717, 1.165) is 41.7 Å². The lowest BCUT2D eigenvalue weighted by molar-refractivity contribution is 0.628. The smallest absolute Gasteiger partial charge is 0.193 e. The Balaban J connectivity index is 0.000000932. The summed E-state index contributed by atoms with van der Waals surface area (Å²) in [5.41, 5.74) is 2.06. The molecular weight excluding hydrogens is 372 g/mol. The molecule has 6 heteroatoms. The molecule has 0 amide bonds. The zero-order valence-corrected chi connectivity index (χ0v) is 17.6. The van der Waals surface area contributed by atoms with Gasteiger partial charge in [0.15, 0.2) is 11.1 Å². The molecule has 28 heavy (non-hydrogen) atoms. The molecule has 1 saturated carbocycles. The number of anilines is 1. The van der Waals surface area contributed by atoms with Crippen molar-refractivity contribution in [3.63, 3.8) is 0 Å². The first-order valence-corrected chi connectivity index (χ1v) is 10.4. The molecule has 3 unspecified atom stereocenters. The Labute approximate surface area is 166 Å². The Bertz CT molecular complexity index is 1100. The zero-order valence-electron chi connectivity index (χ0n) is 16.4. The molecule has 5 rings (SSSR count). The molecule has 0 radical (unpaired) electrons. The van der Waals surface area contributed by atoms with Crippen LogP contribution in [0, 0.1) is 24.6 Å². The van der Waals surface area contributed by atoms with Gasteiger partial charge in [-0.15, -0.1) is 9.24 Å². The number of nitrogens with zero attached hydrogens (tertiary/aromatic N) is 3. The highest BCUT2D eigenvalue weighted by atomic mass is 31.0. The van der Waals surface area contributed by atoms with E-state index < -0.39 is 0 Å².